The first-order valence-corrected chi connectivity index (χ1v) is 5.59. The lowest BCUT2D eigenvalue weighted by molar-refractivity contribution is -0.105. The smallest absolute Gasteiger partial charge is 0.146 e. The summed E-state index contributed by atoms with van der Waals surface area (Å²) in [5, 5.41) is 2.09. The lowest BCUT2D eigenvalue weighted by Gasteiger charge is -2.18. The third-order valence-corrected chi connectivity index (χ3v) is 3.43. The third kappa shape index (κ3) is 1.70. The van der Waals surface area contributed by atoms with Crippen LogP contribution in [0.3, 0.4) is 0 Å². The number of hydrogen-bond acceptors (Lipinski definition) is 2. The van der Waals surface area contributed by atoms with Gasteiger partial charge in [0, 0.05) is 4.88 Å². The van der Waals surface area contributed by atoms with Gasteiger partial charge in [-0.25, -0.2) is 0 Å². The van der Waals surface area contributed by atoms with Crippen molar-refractivity contribution >= 4 is 23.2 Å². The van der Waals surface area contributed by atoms with Gasteiger partial charge in [-0.1, -0.05) is 25.1 Å². The quantitative estimate of drug-likeness (QED) is 0.675. The zero-order valence-corrected chi connectivity index (χ0v) is 8.88. The highest BCUT2D eigenvalue weighted by Crippen LogP contribution is 2.33. The molecule has 1 unspecified atom stereocenters. The summed E-state index contributed by atoms with van der Waals surface area (Å²) >= 11 is 1.76. The Labute approximate surface area is 87.8 Å². The largest absolute Gasteiger partial charge is 0.298 e. The van der Waals surface area contributed by atoms with Crippen molar-refractivity contribution in [3.8, 4) is 0 Å². The number of carbonyl (C=O) groups excluding carboxylic acids is 1. The summed E-state index contributed by atoms with van der Waals surface area (Å²) in [5.74, 6) is 0.457. The highest BCUT2D eigenvalue weighted by molar-refractivity contribution is 7.11. The maximum atomic E-state index is 10.6. The van der Waals surface area contributed by atoms with Crippen molar-refractivity contribution in [2.75, 3.05) is 0 Å². The molecule has 1 aliphatic rings. The number of carbonyl (C=O) groups is 1. The maximum Gasteiger partial charge on any atom is 0.146 e. The van der Waals surface area contributed by atoms with E-state index in [9.17, 15) is 4.79 Å². The predicted octanol–water partition coefficient (Wildman–Crippen LogP) is 3.30. The van der Waals surface area contributed by atoms with E-state index in [1.165, 1.54) is 10.5 Å². The van der Waals surface area contributed by atoms with Crippen molar-refractivity contribution < 1.29 is 4.79 Å². The molecule has 72 valence electrons. The summed E-state index contributed by atoms with van der Waals surface area (Å²) < 4.78 is 0. The molecule has 0 aliphatic heterocycles. The van der Waals surface area contributed by atoms with Crippen molar-refractivity contribution in [2.24, 2.45) is 5.92 Å². The molecule has 0 saturated heterocycles. The first kappa shape index (κ1) is 9.41. The Morgan fingerprint density at radius 3 is 2.93 bits per heavy atom. The van der Waals surface area contributed by atoms with Crippen LogP contribution in [0.25, 0.3) is 5.57 Å². The fourth-order valence-electron chi connectivity index (χ4n) is 1.75. The molecule has 1 atom stereocenters. The number of aldehydes is 1. The molecule has 2 heteroatoms. The monoisotopic (exact) mass is 204 g/mol. The van der Waals surface area contributed by atoms with E-state index in [4.69, 9.17) is 0 Å². The first-order chi connectivity index (χ1) is 6.81. The number of rotatable bonds is 2. The first-order valence-electron chi connectivity index (χ1n) is 4.71. The molecule has 0 amide bonds. The van der Waals surface area contributed by atoms with Crippen LogP contribution in [-0.2, 0) is 4.79 Å². The van der Waals surface area contributed by atoms with Crippen molar-refractivity contribution in [2.45, 2.75) is 13.3 Å². The standard InChI is InChI=1S/C12H12OS/c1-9-7-10(8-13)4-5-11(9)12-3-2-6-14-12/h2-6,8-9H,7H2,1H3. The van der Waals surface area contributed by atoms with Crippen LogP contribution in [0, 0.1) is 5.92 Å². The molecule has 1 aromatic heterocycles. The SMILES string of the molecule is CC1CC(C=O)=CC=C1c1cccs1. The van der Waals surface area contributed by atoms with Gasteiger partial charge in [-0.15, -0.1) is 11.3 Å². The molecule has 0 bridgehead atoms. The second kappa shape index (κ2) is 3.93. The van der Waals surface area contributed by atoms with Crippen LogP contribution in [0.2, 0.25) is 0 Å². The molecule has 2 rings (SSSR count). The predicted molar refractivity (Wildman–Crippen MR) is 60.2 cm³/mol. The van der Waals surface area contributed by atoms with E-state index >= 15 is 0 Å². The highest BCUT2D eigenvalue weighted by atomic mass is 32.1. The van der Waals surface area contributed by atoms with E-state index in [1.54, 1.807) is 11.3 Å². The van der Waals surface area contributed by atoms with Gasteiger partial charge in [-0.3, -0.25) is 4.79 Å². The molecule has 0 radical (unpaired) electrons. The Bertz CT molecular complexity index is 384. The van der Waals surface area contributed by atoms with Crippen molar-refractivity contribution in [1.29, 1.82) is 0 Å². The minimum absolute atomic E-state index is 0.457. The minimum Gasteiger partial charge on any atom is -0.298 e. The molecule has 1 aliphatic carbocycles. The summed E-state index contributed by atoms with van der Waals surface area (Å²) in [6.45, 7) is 2.17. The van der Waals surface area contributed by atoms with E-state index in [0.29, 0.717) is 5.92 Å². The molecular weight excluding hydrogens is 192 g/mol. The molecule has 0 spiro atoms. The van der Waals surface area contributed by atoms with Crippen LogP contribution < -0.4 is 0 Å². The van der Waals surface area contributed by atoms with E-state index in [0.717, 1.165) is 18.3 Å². The van der Waals surface area contributed by atoms with Gasteiger partial charge in [-0.2, -0.15) is 0 Å². The maximum absolute atomic E-state index is 10.6. The zero-order chi connectivity index (χ0) is 9.97. The summed E-state index contributed by atoms with van der Waals surface area (Å²) in [4.78, 5) is 11.9. The zero-order valence-electron chi connectivity index (χ0n) is 8.07. The van der Waals surface area contributed by atoms with Gasteiger partial charge in [0.2, 0.25) is 0 Å². The minimum atomic E-state index is 0.457. The summed E-state index contributed by atoms with van der Waals surface area (Å²) in [6, 6.07) is 4.19. The lowest BCUT2D eigenvalue weighted by atomic mass is 9.88. The van der Waals surface area contributed by atoms with Crippen LogP contribution in [0.15, 0.2) is 35.2 Å². The second-order valence-corrected chi connectivity index (χ2v) is 4.51. The van der Waals surface area contributed by atoms with E-state index in [1.807, 2.05) is 6.08 Å². The molecule has 1 aromatic rings. The average Bonchev–Trinajstić information content (AvgIpc) is 2.70. The molecule has 0 aromatic carbocycles. The molecule has 0 fully saturated rings. The summed E-state index contributed by atoms with van der Waals surface area (Å²) in [6.07, 6.45) is 5.83. The van der Waals surface area contributed by atoms with Crippen molar-refractivity contribution in [3.63, 3.8) is 0 Å². The number of thiophene rings is 1. The number of hydrogen-bond donors (Lipinski definition) is 0. The molecule has 14 heavy (non-hydrogen) atoms. The number of allylic oxidation sites excluding steroid dienone is 4. The van der Waals surface area contributed by atoms with Gasteiger partial charge in [0.15, 0.2) is 0 Å². The van der Waals surface area contributed by atoms with E-state index < -0.39 is 0 Å². The Kier molecular flexibility index (Phi) is 2.64. The normalized spacial score (nSPS) is 21.4. The van der Waals surface area contributed by atoms with Gasteiger partial charge in [0.1, 0.15) is 6.29 Å². The lowest BCUT2D eigenvalue weighted by Crippen LogP contribution is -2.04. The molecule has 1 heterocycles. The average molecular weight is 204 g/mol. The third-order valence-electron chi connectivity index (χ3n) is 2.51. The van der Waals surface area contributed by atoms with Crippen molar-refractivity contribution in [1.82, 2.24) is 0 Å². The van der Waals surface area contributed by atoms with Crippen molar-refractivity contribution in [3.05, 3.63) is 40.1 Å². The summed E-state index contributed by atoms with van der Waals surface area (Å²) in [5.41, 5.74) is 2.25. The van der Waals surface area contributed by atoms with Crippen LogP contribution >= 0.6 is 11.3 Å². The van der Waals surface area contributed by atoms with Gasteiger partial charge < -0.3 is 0 Å². The van der Waals surface area contributed by atoms with E-state index in [-0.39, 0.29) is 0 Å². The Balaban J connectivity index is 2.33. The molecule has 0 saturated carbocycles. The Morgan fingerprint density at radius 2 is 2.36 bits per heavy atom. The van der Waals surface area contributed by atoms with Gasteiger partial charge in [-0.05, 0) is 34.9 Å². The fourth-order valence-corrected chi connectivity index (χ4v) is 2.61. The van der Waals surface area contributed by atoms with Gasteiger partial charge in [0.25, 0.3) is 0 Å². The van der Waals surface area contributed by atoms with Gasteiger partial charge >= 0.3 is 0 Å². The molecule has 0 N–H and O–H groups in total. The van der Waals surface area contributed by atoms with Crippen LogP contribution in [0.5, 0.6) is 0 Å². The van der Waals surface area contributed by atoms with Crippen LogP contribution in [0.1, 0.15) is 18.2 Å². The molecule has 1 nitrogen and oxygen atoms in total. The topological polar surface area (TPSA) is 17.1 Å². The van der Waals surface area contributed by atoms with Crippen LogP contribution in [-0.4, -0.2) is 6.29 Å². The highest BCUT2D eigenvalue weighted by Gasteiger charge is 2.16. The van der Waals surface area contributed by atoms with Crippen LogP contribution in [0.4, 0.5) is 0 Å². The van der Waals surface area contributed by atoms with E-state index in [2.05, 4.69) is 30.5 Å². The Morgan fingerprint density at radius 1 is 1.50 bits per heavy atom. The molecular formula is C12H12OS. The van der Waals surface area contributed by atoms with Gasteiger partial charge in [0.05, 0.1) is 0 Å². The summed E-state index contributed by atoms with van der Waals surface area (Å²) in [7, 11) is 0. The Hall–Kier alpha value is -1.15. The fraction of sp³-hybridized carbons (Fsp3) is 0.250. The second-order valence-electron chi connectivity index (χ2n) is 3.56.